The number of aliphatic imine (C=N–C) groups is 1. The highest BCUT2D eigenvalue weighted by Crippen LogP contribution is 2.43. The van der Waals surface area contributed by atoms with E-state index < -0.39 is 12.2 Å². The minimum atomic E-state index is -1.52. The van der Waals surface area contributed by atoms with Crippen molar-refractivity contribution in [2.24, 2.45) is 10.7 Å². The summed E-state index contributed by atoms with van der Waals surface area (Å²) in [5.74, 6) is 0.291. The van der Waals surface area contributed by atoms with Crippen molar-refractivity contribution in [2.75, 3.05) is 7.05 Å². The Morgan fingerprint density at radius 2 is 2.00 bits per heavy atom. The Labute approximate surface area is 196 Å². The van der Waals surface area contributed by atoms with Crippen LogP contribution in [0.5, 0.6) is 5.75 Å². The van der Waals surface area contributed by atoms with Gasteiger partial charge in [0.15, 0.2) is 11.5 Å². The number of rotatable bonds is 6. The molecule has 1 atom stereocenters. The van der Waals surface area contributed by atoms with Crippen molar-refractivity contribution in [2.45, 2.75) is 31.2 Å². The van der Waals surface area contributed by atoms with Crippen LogP contribution in [0, 0.1) is 11.3 Å². The highest BCUT2D eigenvalue weighted by atomic mass is 19.1. The topological polar surface area (TPSA) is 105 Å². The summed E-state index contributed by atoms with van der Waals surface area (Å²) in [5.41, 5.74) is 7.86. The smallest absolute Gasteiger partial charge is 0.266 e. The number of hydrogen-bond acceptors (Lipinski definition) is 6. The van der Waals surface area contributed by atoms with Crippen molar-refractivity contribution >= 4 is 11.9 Å². The molecule has 34 heavy (non-hydrogen) atoms. The first-order valence-electron chi connectivity index (χ1n) is 10.9. The van der Waals surface area contributed by atoms with Gasteiger partial charge in [-0.15, -0.1) is 0 Å². The summed E-state index contributed by atoms with van der Waals surface area (Å²) >= 11 is 0. The summed E-state index contributed by atoms with van der Waals surface area (Å²) in [6.45, 7) is -0.774. The molecule has 0 saturated heterocycles. The molecule has 1 fully saturated rings. The van der Waals surface area contributed by atoms with Crippen LogP contribution in [0.4, 0.5) is 4.39 Å². The lowest BCUT2D eigenvalue weighted by Crippen LogP contribution is -2.41. The fourth-order valence-electron chi connectivity index (χ4n) is 4.15. The molecule has 3 aromatic rings. The predicted molar refractivity (Wildman–Crippen MR) is 124 cm³/mol. The number of pyridine rings is 1. The third-order valence-electron chi connectivity index (χ3n) is 6.09. The fraction of sp³-hybridized carbons (Fsp3) is 0.231. The van der Waals surface area contributed by atoms with Gasteiger partial charge in [0.1, 0.15) is 12.4 Å². The zero-order chi connectivity index (χ0) is 23.9. The number of likely N-dealkylation sites (N-methyl/N-ethyl adjacent to an activating group) is 1. The van der Waals surface area contributed by atoms with Crippen molar-refractivity contribution in [1.29, 1.82) is 5.26 Å². The van der Waals surface area contributed by atoms with E-state index in [0.717, 1.165) is 24.0 Å². The lowest BCUT2D eigenvalue weighted by Gasteiger charge is -2.27. The number of halogens is 1. The highest BCUT2D eigenvalue weighted by Gasteiger charge is 2.50. The van der Waals surface area contributed by atoms with Crippen LogP contribution in [0.25, 0.3) is 11.1 Å². The number of aromatic nitrogens is 1. The summed E-state index contributed by atoms with van der Waals surface area (Å²) in [6, 6.07) is 18.1. The third-order valence-corrected chi connectivity index (χ3v) is 6.09. The Kier molecular flexibility index (Phi) is 5.25. The maximum absolute atomic E-state index is 13.7. The van der Waals surface area contributed by atoms with E-state index in [-0.39, 0.29) is 23.7 Å². The molecule has 8 heteroatoms. The normalized spacial score (nSPS) is 19.6. The number of guanidine groups is 1. The zero-order valence-electron chi connectivity index (χ0n) is 18.5. The Morgan fingerprint density at radius 1 is 1.18 bits per heavy atom. The van der Waals surface area contributed by atoms with Crippen LogP contribution in [0.15, 0.2) is 65.8 Å². The molecule has 0 radical (unpaired) electrons. The minimum Gasteiger partial charge on any atom is -0.490 e. The third kappa shape index (κ3) is 3.65. The Bertz CT molecular complexity index is 1360. The summed E-state index contributed by atoms with van der Waals surface area (Å²) in [7, 11) is 1.56. The molecule has 1 aliphatic heterocycles. The number of amides is 1. The summed E-state index contributed by atoms with van der Waals surface area (Å²) in [6.07, 6.45) is 3.52. The van der Waals surface area contributed by atoms with Crippen LogP contribution < -0.4 is 10.5 Å². The number of alkyl halides is 1. The van der Waals surface area contributed by atoms with Gasteiger partial charge in [0.05, 0.1) is 23.4 Å². The molecule has 1 saturated carbocycles. The number of ether oxygens (including phenoxy) is 1. The van der Waals surface area contributed by atoms with Gasteiger partial charge < -0.3 is 10.5 Å². The van der Waals surface area contributed by atoms with Crippen molar-refractivity contribution in [3.05, 3.63) is 83.2 Å². The van der Waals surface area contributed by atoms with Crippen LogP contribution in [0.1, 0.15) is 35.2 Å². The number of nitrogens with two attached hydrogens (primary N) is 1. The Morgan fingerprint density at radius 3 is 2.68 bits per heavy atom. The first-order chi connectivity index (χ1) is 16.4. The standard InChI is InChI=1S/C26H22FN5O2/c1-32-24(33)26(31-25(32)29,19-7-8-30-21(12-19)14-27)20-10-18(11-23(13-20)34-22-5-6-22)17-4-2-3-16(9-17)15-28/h2-4,7-13,22H,5-6,14H2,1H3,(H2,29,31). The molecule has 170 valence electrons. The van der Waals surface area contributed by atoms with E-state index >= 15 is 0 Å². The molecule has 1 unspecified atom stereocenters. The Balaban J connectivity index is 1.75. The Hall–Kier alpha value is -4.25. The van der Waals surface area contributed by atoms with E-state index in [1.54, 1.807) is 37.4 Å². The number of nitrogens with zero attached hydrogens (tertiary/aromatic N) is 4. The largest absolute Gasteiger partial charge is 0.490 e. The van der Waals surface area contributed by atoms with Gasteiger partial charge >= 0.3 is 0 Å². The minimum absolute atomic E-state index is 0.0603. The van der Waals surface area contributed by atoms with Gasteiger partial charge in [-0.05, 0) is 77.6 Å². The van der Waals surface area contributed by atoms with Crippen LogP contribution in [0.2, 0.25) is 0 Å². The lowest BCUT2D eigenvalue weighted by molar-refractivity contribution is -0.129. The molecule has 1 aromatic heterocycles. The van der Waals surface area contributed by atoms with Gasteiger partial charge in [-0.3, -0.25) is 14.7 Å². The molecule has 0 spiro atoms. The average Bonchev–Trinajstić information content (AvgIpc) is 3.66. The first kappa shape index (κ1) is 21.6. The average molecular weight is 455 g/mol. The van der Waals surface area contributed by atoms with E-state index in [1.807, 2.05) is 18.2 Å². The molecule has 2 aliphatic rings. The van der Waals surface area contributed by atoms with Crippen molar-refractivity contribution < 1.29 is 13.9 Å². The molecule has 1 aliphatic carbocycles. The van der Waals surface area contributed by atoms with Crippen molar-refractivity contribution in [3.8, 4) is 22.9 Å². The number of hydrogen-bond donors (Lipinski definition) is 1. The van der Waals surface area contributed by atoms with E-state index in [1.165, 1.54) is 17.2 Å². The quantitative estimate of drug-likeness (QED) is 0.611. The molecule has 2 heterocycles. The van der Waals surface area contributed by atoms with Crippen LogP contribution in [0.3, 0.4) is 0 Å². The first-order valence-corrected chi connectivity index (χ1v) is 10.9. The number of nitriles is 1. The van der Waals surface area contributed by atoms with Crippen LogP contribution in [-0.4, -0.2) is 34.9 Å². The van der Waals surface area contributed by atoms with E-state index in [4.69, 9.17) is 10.5 Å². The molecule has 5 rings (SSSR count). The van der Waals surface area contributed by atoms with Crippen molar-refractivity contribution in [1.82, 2.24) is 9.88 Å². The van der Waals surface area contributed by atoms with Gasteiger partial charge in [0, 0.05) is 13.2 Å². The van der Waals surface area contributed by atoms with Gasteiger partial charge in [-0.1, -0.05) is 12.1 Å². The second-order valence-corrected chi connectivity index (χ2v) is 8.47. The second-order valence-electron chi connectivity index (χ2n) is 8.47. The number of carbonyl (C=O) groups is 1. The molecule has 2 N–H and O–H groups in total. The summed E-state index contributed by atoms with van der Waals surface area (Å²) in [5, 5.41) is 9.36. The maximum Gasteiger partial charge on any atom is 0.266 e. The van der Waals surface area contributed by atoms with Crippen LogP contribution >= 0.6 is 0 Å². The molecule has 0 bridgehead atoms. The number of carbonyl (C=O) groups excluding carboxylic acids is 1. The van der Waals surface area contributed by atoms with Gasteiger partial charge in [0.25, 0.3) is 5.91 Å². The highest BCUT2D eigenvalue weighted by molar-refractivity contribution is 6.09. The SMILES string of the molecule is CN1C(=O)C(c2cc(OC3CC3)cc(-c3cccc(C#N)c3)c2)(c2ccnc(CF)c2)N=C1N. The van der Waals surface area contributed by atoms with E-state index in [9.17, 15) is 14.4 Å². The predicted octanol–water partition coefficient (Wildman–Crippen LogP) is 3.66. The van der Waals surface area contributed by atoms with Gasteiger partial charge in [-0.2, -0.15) is 5.26 Å². The summed E-state index contributed by atoms with van der Waals surface area (Å²) < 4.78 is 19.6. The van der Waals surface area contributed by atoms with E-state index in [2.05, 4.69) is 16.0 Å². The fourth-order valence-corrected chi connectivity index (χ4v) is 4.15. The molecular weight excluding hydrogens is 433 g/mol. The molecule has 7 nitrogen and oxygen atoms in total. The summed E-state index contributed by atoms with van der Waals surface area (Å²) in [4.78, 5) is 23.6. The second kappa shape index (κ2) is 8.27. The number of benzene rings is 2. The zero-order valence-corrected chi connectivity index (χ0v) is 18.5. The molecule has 2 aromatic carbocycles. The maximum atomic E-state index is 13.7. The van der Waals surface area contributed by atoms with Crippen molar-refractivity contribution in [3.63, 3.8) is 0 Å². The molecular formula is C26H22FN5O2. The lowest BCUT2D eigenvalue weighted by atomic mass is 9.81. The molecule has 1 amide bonds. The van der Waals surface area contributed by atoms with Gasteiger partial charge in [-0.25, -0.2) is 9.38 Å². The van der Waals surface area contributed by atoms with E-state index in [0.29, 0.717) is 22.4 Å². The van der Waals surface area contributed by atoms with Gasteiger partial charge in [0.2, 0.25) is 0 Å². The monoisotopic (exact) mass is 455 g/mol. The van der Waals surface area contributed by atoms with Crippen LogP contribution in [-0.2, 0) is 17.0 Å².